The lowest BCUT2D eigenvalue weighted by Gasteiger charge is -2.14. The average Bonchev–Trinajstić information content (AvgIpc) is 3.27. The topological polar surface area (TPSA) is 25.8 Å². The standard InChI is InChI=1S/C52H38N2/c1-3-14-35(15-4-1)37-18-12-22-42(31-37)51-34-50(36-16-5-2-6-17-36)53-52(54-51)43-23-13-21-40(32-43)38-19-11-20-39(30-38)41-28-29-48-46-26-8-7-24-44(46)45-25-9-10-27-47(45)49(48)33-41/h1,3,5,7-14,16-34H,2,4,6,15H2. The molecule has 0 saturated carbocycles. The fourth-order valence-electron chi connectivity index (χ4n) is 8.20. The molecule has 0 radical (unpaired) electrons. The Labute approximate surface area is 316 Å². The van der Waals surface area contributed by atoms with E-state index in [0.717, 1.165) is 70.7 Å². The summed E-state index contributed by atoms with van der Waals surface area (Å²) in [5.74, 6) is 0.735. The summed E-state index contributed by atoms with van der Waals surface area (Å²) in [6, 6.07) is 53.0. The lowest BCUT2D eigenvalue weighted by molar-refractivity contribution is 1.03. The zero-order valence-corrected chi connectivity index (χ0v) is 30.0. The van der Waals surface area contributed by atoms with Gasteiger partial charge in [-0.25, -0.2) is 9.97 Å². The van der Waals surface area contributed by atoms with Gasteiger partial charge >= 0.3 is 0 Å². The van der Waals surface area contributed by atoms with Gasteiger partial charge in [0, 0.05) is 11.1 Å². The lowest BCUT2D eigenvalue weighted by atomic mass is 9.91. The van der Waals surface area contributed by atoms with Crippen LogP contribution in [0.25, 0.3) is 88.4 Å². The number of nitrogens with zero attached hydrogens (tertiary/aromatic N) is 2. The molecule has 2 heteroatoms. The van der Waals surface area contributed by atoms with Crippen molar-refractivity contribution in [2.45, 2.75) is 25.7 Å². The number of allylic oxidation sites excluding steroid dienone is 8. The minimum absolute atomic E-state index is 0.735. The monoisotopic (exact) mass is 690 g/mol. The molecule has 2 aliphatic rings. The van der Waals surface area contributed by atoms with E-state index in [1.54, 1.807) is 0 Å². The highest BCUT2D eigenvalue weighted by molar-refractivity contribution is 6.25. The molecular weight excluding hydrogens is 653 g/mol. The molecule has 0 amide bonds. The first-order valence-corrected chi connectivity index (χ1v) is 19.0. The second-order valence-electron chi connectivity index (χ2n) is 14.4. The summed E-state index contributed by atoms with van der Waals surface area (Å²) in [4.78, 5) is 10.4. The highest BCUT2D eigenvalue weighted by Crippen LogP contribution is 2.38. The Morgan fingerprint density at radius 2 is 0.963 bits per heavy atom. The molecule has 54 heavy (non-hydrogen) atoms. The van der Waals surface area contributed by atoms with Crippen molar-refractivity contribution in [2.75, 3.05) is 0 Å². The molecule has 256 valence electrons. The van der Waals surface area contributed by atoms with Gasteiger partial charge in [-0.3, -0.25) is 0 Å². The Morgan fingerprint density at radius 3 is 1.63 bits per heavy atom. The van der Waals surface area contributed by atoms with Crippen LogP contribution in [0.1, 0.15) is 36.9 Å². The molecule has 0 saturated heterocycles. The third-order valence-corrected chi connectivity index (χ3v) is 11.0. The molecule has 1 heterocycles. The van der Waals surface area contributed by atoms with E-state index in [-0.39, 0.29) is 0 Å². The van der Waals surface area contributed by atoms with E-state index in [9.17, 15) is 0 Å². The summed E-state index contributed by atoms with van der Waals surface area (Å²) in [6.45, 7) is 0. The Morgan fingerprint density at radius 1 is 0.389 bits per heavy atom. The molecule has 0 N–H and O–H groups in total. The van der Waals surface area contributed by atoms with Crippen LogP contribution in [0.15, 0.2) is 182 Å². The third kappa shape index (κ3) is 5.96. The second-order valence-corrected chi connectivity index (χ2v) is 14.4. The first kappa shape index (κ1) is 32.0. The highest BCUT2D eigenvalue weighted by Gasteiger charge is 2.15. The van der Waals surface area contributed by atoms with Crippen LogP contribution in [0, 0.1) is 0 Å². The van der Waals surface area contributed by atoms with Crippen molar-refractivity contribution in [1.29, 1.82) is 0 Å². The van der Waals surface area contributed by atoms with Crippen LogP contribution in [-0.2, 0) is 0 Å². The minimum atomic E-state index is 0.735. The SMILES string of the molecule is C1=CCCC(c2cccc(-c3cc(C4=CCCC=C4)nc(-c4cccc(-c5cccc(-c6ccc7c8ccccc8c8ccccc8c7c6)c5)c4)n3)c2)=C1. The molecule has 0 atom stereocenters. The van der Waals surface area contributed by atoms with Gasteiger partial charge in [-0.2, -0.15) is 0 Å². The predicted octanol–water partition coefficient (Wildman–Crippen LogP) is 14.1. The van der Waals surface area contributed by atoms with Crippen LogP contribution in [0.5, 0.6) is 0 Å². The van der Waals surface area contributed by atoms with Crippen molar-refractivity contribution >= 4 is 43.5 Å². The quantitative estimate of drug-likeness (QED) is 0.162. The maximum atomic E-state index is 5.23. The number of aromatic nitrogens is 2. The van der Waals surface area contributed by atoms with Crippen LogP contribution in [0.2, 0.25) is 0 Å². The summed E-state index contributed by atoms with van der Waals surface area (Å²) >= 11 is 0. The highest BCUT2D eigenvalue weighted by atomic mass is 14.9. The van der Waals surface area contributed by atoms with Gasteiger partial charge in [0.1, 0.15) is 0 Å². The van der Waals surface area contributed by atoms with Gasteiger partial charge in [-0.15, -0.1) is 0 Å². The van der Waals surface area contributed by atoms with E-state index in [4.69, 9.17) is 9.97 Å². The number of benzene rings is 7. The van der Waals surface area contributed by atoms with Crippen LogP contribution in [-0.4, -0.2) is 9.97 Å². The second kappa shape index (κ2) is 13.7. The maximum absolute atomic E-state index is 5.23. The Kier molecular flexibility index (Phi) is 8.15. The number of hydrogen-bond donors (Lipinski definition) is 0. The van der Waals surface area contributed by atoms with E-state index in [1.807, 2.05) is 0 Å². The van der Waals surface area contributed by atoms with Crippen molar-refractivity contribution in [1.82, 2.24) is 9.97 Å². The van der Waals surface area contributed by atoms with Gasteiger partial charge < -0.3 is 0 Å². The first-order valence-electron chi connectivity index (χ1n) is 19.0. The normalized spacial score (nSPS) is 14.1. The Bertz CT molecular complexity index is 2850. The van der Waals surface area contributed by atoms with Gasteiger partial charge in [-0.1, -0.05) is 152 Å². The van der Waals surface area contributed by atoms with Crippen molar-refractivity contribution in [2.24, 2.45) is 0 Å². The Balaban J connectivity index is 1.05. The zero-order chi connectivity index (χ0) is 35.8. The smallest absolute Gasteiger partial charge is 0.160 e. The van der Waals surface area contributed by atoms with Crippen LogP contribution >= 0.6 is 0 Å². The summed E-state index contributed by atoms with van der Waals surface area (Å²) in [6.07, 6.45) is 17.6. The van der Waals surface area contributed by atoms with Crippen LogP contribution < -0.4 is 0 Å². The molecule has 2 aliphatic carbocycles. The predicted molar refractivity (Wildman–Crippen MR) is 229 cm³/mol. The lowest BCUT2D eigenvalue weighted by Crippen LogP contribution is -1.99. The van der Waals surface area contributed by atoms with Crippen molar-refractivity contribution in [3.63, 3.8) is 0 Å². The molecule has 7 aromatic carbocycles. The number of rotatable bonds is 6. The molecule has 0 fully saturated rings. The van der Waals surface area contributed by atoms with Crippen LogP contribution in [0.4, 0.5) is 0 Å². The van der Waals surface area contributed by atoms with E-state index < -0.39 is 0 Å². The molecule has 0 unspecified atom stereocenters. The summed E-state index contributed by atoms with van der Waals surface area (Å²) < 4.78 is 0. The Hall–Kier alpha value is -6.64. The number of fused-ring (bicyclic) bond motifs is 6. The fourth-order valence-corrected chi connectivity index (χ4v) is 8.20. The molecule has 0 spiro atoms. The van der Waals surface area contributed by atoms with E-state index in [2.05, 4.69) is 182 Å². The molecule has 0 aliphatic heterocycles. The third-order valence-electron chi connectivity index (χ3n) is 11.0. The van der Waals surface area contributed by atoms with Crippen molar-refractivity contribution < 1.29 is 0 Å². The molecule has 0 bridgehead atoms. The van der Waals surface area contributed by atoms with Gasteiger partial charge in [0.25, 0.3) is 0 Å². The fraction of sp³-hybridized carbons (Fsp3) is 0.0769. The van der Waals surface area contributed by atoms with Gasteiger partial charge in [0.15, 0.2) is 5.82 Å². The molecular formula is C52H38N2. The summed E-state index contributed by atoms with van der Waals surface area (Å²) in [5, 5.41) is 7.73. The van der Waals surface area contributed by atoms with Crippen molar-refractivity contribution in [3.05, 3.63) is 193 Å². The van der Waals surface area contributed by atoms with Gasteiger partial charge in [0.05, 0.1) is 11.4 Å². The average molecular weight is 691 g/mol. The minimum Gasteiger partial charge on any atom is -0.228 e. The molecule has 10 rings (SSSR count). The van der Waals surface area contributed by atoms with Gasteiger partial charge in [-0.05, 0) is 127 Å². The first-order chi connectivity index (χ1) is 26.7. The summed E-state index contributed by atoms with van der Waals surface area (Å²) in [5.41, 5.74) is 12.5. The maximum Gasteiger partial charge on any atom is 0.160 e. The number of hydrogen-bond acceptors (Lipinski definition) is 2. The molecule has 8 aromatic rings. The van der Waals surface area contributed by atoms with Crippen LogP contribution in [0.3, 0.4) is 0 Å². The zero-order valence-electron chi connectivity index (χ0n) is 30.0. The van der Waals surface area contributed by atoms with E-state index in [1.165, 1.54) is 54.6 Å². The van der Waals surface area contributed by atoms with Gasteiger partial charge in [0.2, 0.25) is 0 Å². The van der Waals surface area contributed by atoms with E-state index >= 15 is 0 Å². The molecule has 1 aromatic heterocycles. The van der Waals surface area contributed by atoms with E-state index in [0.29, 0.717) is 0 Å². The largest absolute Gasteiger partial charge is 0.228 e. The van der Waals surface area contributed by atoms with Crippen molar-refractivity contribution in [3.8, 4) is 44.9 Å². The summed E-state index contributed by atoms with van der Waals surface area (Å²) in [7, 11) is 0. The molecule has 2 nitrogen and oxygen atoms in total.